The standard InChI is InChI=1S/C18H14.C16H10.C14H14.C14H10.C13H10.C12H10.C10H8.C6H6.16C2H6.C2H5.4CH3.3Y/c1-3-7-15(8-4-1)17-11-13-18(14-12-17)16-9-5-2-6-10-16;1-3-11-7-9-13-5-2-6-14-10-8-12(4-1)15(11)16(13)14;2*1-2-6-12-10-14-8-4-3-7-13(14)9-11(12)5-1;1-3-7-12-10(5-1)9-11-6-2-4-8-13(11)12;1-3-7-11(8-4-1)12-9-5-2-6-10-12;1-2-6-10-8-4-3-7-9(10)5-1;1-2-4-6-5-3-1;17*1-2;;;;;;;/h1-14H;1-10H;1-8,11-12H,9-10H2;1-10H;1-8H,9H2;1-10H;1-8H;1-6H;16*1-2H3;1H2,2H3;4*1H3;;;/q;;;;;;;;;;;;;;;;;;;;;;;;5*-1;;;. The second kappa shape index (κ2) is 111. The minimum Gasteiger partial charge on any atom is -0.358 e. The molecule has 144 heavy (non-hydrogen) atoms. The van der Waals surface area contributed by atoms with E-state index in [0.717, 1.165) is 18.3 Å². The molecule has 0 bridgehead atoms. The summed E-state index contributed by atoms with van der Waals surface area (Å²) in [6.45, 7) is 69.0. The Morgan fingerprint density at radius 3 is 0.535 bits per heavy atom. The van der Waals surface area contributed by atoms with Gasteiger partial charge in [-0.3, -0.25) is 0 Å². The molecule has 3 aliphatic carbocycles. The summed E-state index contributed by atoms with van der Waals surface area (Å²) >= 11 is 0. The van der Waals surface area contributed by atoms with Crippen LogP contribution in [0.4, 0.5) is 0 Å². The molecule has 2 unspecified atom stereocenters. The van der Waals surface area contributed by atoms with Crippen LogP contribution >= 0.6 is 0 Å². The van der Waals surface area contributed by atoms with Crippen LogP contribution in [0.1, 0.15) is 251 Å². The average Bonchev–Trinajstić information content (AvgIpc) is 0.900. The van der Waals surface area contributed by atoms with Crippen LogP contribution in [0.15, 0.2) is 449 Å². The quantitative estimate of drug-likeness (QED) is 0.0940. The predicted octanol–water partition coefficient (Wildman–Crippen LogP) is 46.9. The summed E-state index contributed by atoms with van der Waals surface area (Å²) in [5, 5.41) is 16.0. The Bertz CT molecular complexity index is 5220. The van der Waals surface area contributed by atoms with Gasteiger partial charge in [-0.1, -0.05) is 658 Å². The second-order valence-corrected chi connectivity index (χ2v) is 26.1. The first-order chi connectivity index (χ1) is 68.1. The van der Waals surface area contributed by atoms with Gasteiger partial charge in [-0.05, 0) is 175 Å². The van der Waals surface area contributed by atoms with E-state index < -0.39 is 0 Å². The third kappa shape index (κ3) is 57.0. The van der Waals surface area contributed by atoms with Gasteiger partial charge < -0.3 is 36.6 Å². The summed E-state index contributed by atoms with van der Waals surface area (Å²) in [6, 6.07) is 149. The molecule has 3 aliphatic rings. The topological polar surface area (TPSA) is 0 Å². The maximum Gasteiger partial charge on any atom is 0 e. The van der Waals surface area contributed by atoms with Crippen molar-refractivity contribution >= 4 is 64.6 Å². The third-order valence-corrected chi connectivity index (χ3v) is 19.4. The SMILES string of the molecule is C1=CC2Cc3ccccc3CC2C=C1.CC.CC.CC.CC.CC.CC.CC.CC.CC.CC.CC.CC.CC.CC.CC.CC.[CH2-]C.[CH3-].[CH3-].[CH3-].[CH3-].[Y].[Y].[Y].c1cc2ccc3cccc4ccc(c1)c2c34.c1ccc(-c2ccc(-c3ccccc3)cc2)cc1.c1ccc(-c2ccccc2)cc1.c1ccc2c(c1)Cc1ccccc1-2.c1ccc2cc3ccccc3cc2c1.c1ccc2ccccc2c1.c1ccccc1. The van der Waals surface area contributed by atoms with Gasteiger partial charge in [0.1, 0.15) is 0 Å². The summed E-state index contributed by atoms with van der Waals surface area (Å²) < 4.78 is 0. The second-order valence-electron chi connectivity index (χ2n) is 26.1. The number of fused-ring (bicyclic) bond motifs is 8. The third-order valence-electron chi connectivity index (χ3n) is 19.4. The molecule has 0 aliphatic heterocycles. The summed E-state index contributed by atoms with van der Waals surface area (Å²) in [6.07, 6.45) is 12.7. The van der Waals surface area contributed by atoms with E-state index in [0.29, 0.717) is 0 Å². The summed E-state index contributed by atoms with van der Waals surface area (Å²) in [5.74, 6) is 1.49. The molecule has 18 aromatic rings. The minimum atomic E-state index is 0. The van der Waals surface area contributed by atoms with Crippen molar-refractivity contribution in [2.45, 2.75) is 248 Å². The van der Waals surface area contributed by atoms with Crippen molar-refractivity contribution in [2.75, 3.05) is 0 Å². The molecule has 0 N–H and O–H groups in total. The zero-order valence-electron chi connectivity index (χ0n) is 97.4. The van der Waals surface area contributed by atoms with Gasteiger partial charge in [0.15, 0.2) is 0 Å². The monoisotopic (exact) mass is 2160 g/mol. The van der Waals surface area contributed by atoms with Gasteiger partial charge in [-0.2, -0.15) is 6.92 Å². The van der Waals surface area contributed by atoms with E-state index in [4.69, 9.17) is 0 Å². The van der Waals surface area contributed by atoms with E-state index in [-0.39, 0.29) is 128 Å². The van der Waals surface area contributed by atoms with Crippen molar-refractivity contribution < 1.29 is 98.1 Å². The Morgan fingerprint density at radius 2 is 0.319 bits per heavy atom. The molecule has 2 atom stereocenters. The molecule has 0 aromatic heterocycles. The zero-order valence-corrected chi connectivity index (χ0v) is 106. The van der Waals surface area contributed by atoms with Gasteiger partial charge in [-0.15, -0.1) is 0 Å². The molecule has 3 heteroatoms. The van der Waals surface area contributed by atoms with Crippen LogP contribution in [0.5, 0.6) is 0 Å². The zero-order chi connectivity index (χ0) is 103. The van der Waals surface area contributed by atoms with Crippen molar-refractivity contribution in [2.24, 2.45) is 11.8 Å². The fraction of sp³-hybridized carbons (Fsp3) is 0.270. The molecule has 773 valence electrons. The molecule has 0 heterocycles. The Hall–Kier alpha value is -9.43. The van der Waals surface area contributed by atoms with E-state index in [1.165, 1.54) is 133 Å². The number of rotatable bonds is 3. The molecule has 3 radical (unpaired) electrons. The van der Waals surface area contributed by atoms with Crippen molar-refractivity contribution in [3.05, 3.63) is 508 Å². The van der Waals surface area contributed by atoms with Crippen molar-refractivity contribution in [3.63, 3.8) is 0 Å². The average molecular weight is 2160 g/mol. The summed E-state index contributed by atoms with van der Waals surface area (Å²) in [7, 11) is 0. The molecule has 0 nitrogen and oxygen atoms in total. The first-order valence-electron chi connectivity index (χ1n) is 52.7. The van der Waals surface area contributed by atoms with Gasteiger partial charge in [0.05, 0.1) is 0 Å². The number of benzene rings is 18. The van der Waals surface area contributed by atoms with Crippen molar-refractivity contribution in [3.8, 4) is 44.5 Å². The van der Waals surface area contributed by atoms with Gasteiger partial charge in [0.25, 0.3) is 0 Å². The molecule has 0 saturated heterocycles. The Labute approximate surface area is 964 Å². The number of hydrogen-bond donors (Lipinski definition) is 0. The van der Waals surface area contributed by atoms with Gasteiger partial charge in [0, 0.05) is 98.1 Å². The maximum absolute atomic E-state index is 3.25. The summed E-state index contributed by atoms with van der Waals surface area (Å²) in [5.41, 5.74) is 16.4. The van der Waals surface area contributed by atoms with Gasteiger partial charge in [-0.25, -0.2) is 0 Å². The van der Waals surface area contributed by atoms with E-state index >= 15 is 0 Å². The first kappa shape index (κ1) is 157. The number of allylic oxidation sites excluding steroid dienone is 4. The van der Waals surface area contributed by atoms with Crippen LogP contribution in [0, 0.1) is 48.5 Å². The van der Waals surface area contributed by atoms with E-state index in [9.17, 15) is 0 Å². The van der Waals surface area contributed by atoms with Crippen LogP contribution in [0.3, 0.4) is 0 Å². The van der Waals surface area contributed by atoms with E-state index in [1.807, 2.05) is 282 Å². The van der Waals surface area contributed by atoms with Crippen molar-refractivity contribution in [1.29, 1.82) is 0 Å². The van der Waals surface area contributed by atoms with Gasteiger partial charge in [0.2, 0.25) is 0 Å². The molecule has 21 rings (SSSR count). The fourth-order valence-corrected chi connectivity index (χ4v) is 14.1. The van der Waals surface area contributed by atoms with Crippen LogP contribution in [-0.4, -0.2) is 0 Å². The molecule has 0 spiro atoms. The Morgan fingerprint density at radius 1 is 0.160 bits per heavy atom. The molecule has 0 saturated carbocycles. The van der Waals surface area contributed by atoms with Crippen molar-refractivity contribution in [1.82, 2.24) is 0 Å². The fourth-order valence-electron chi connectivity index (χ4n) is 14.1. The molecule has 0 amide bonds. The number of hydrogen-bond acceptors (Lipinski definition) is 0. The molecule has 18 aromatic carbocycles. The first-order valence-corrected chi connectivity index (χ1v) is 52.7. The largest absolute Gasteiger partial charge is 0.358 e. The smallest absolute Gasteiger partial charge is 0 e. The molecular formula is C141H195Y3-5. The predicted molar refractivity (Wildman–Crippen MR) is 663 cm³/mol. The maximum atomic E-state index is 3.25. The van der Waals surface area contributed by atoms with Crippen LogP contribution in [-0.2, 0) is 117 Å². The van der Waals surface area contributed by atoms with Gasteiger partial charge >= 0.3 is 0 Å². The van der Waals surface area contributed by atoms with Crippen LogP contribution in [0.25, 0.3) is 109 Å². The molecular weight excluding hydrogens is 1960 g/mol. The normalized spacial score (nSPS) is 10.0. The molecule has 0 fully saturated rings. The Balaban J connectivity index is -0.000000149. The minimum absolute atomic E-state index is 0. The van der Waals surface area contributed by atoms with Crippen LogP contribution in [0.2, 0.25) is 0 Å². The van der Waals surface area contributed by atoms with E-state index in [2.05, 4.69) is 395 Å². The van der Waals surface area contributed by atoms with Crippen LogP contribution < -0.4 is 0 Å². The Kier molecular flexibility index (Phi) is 121. The summed E-state index contributed by atoms with van der Waals surface area (Å²) in [4.78, 5) is 0. The van der Waals surface area contributed by atoms with E-state index in [1.54, 1.807) is 18.1 Å².